The van der Waals surface area contributed by atoms with Crippen LogP contribution in [0.3, 0.4) is 0 Å². The summed E-state index contributed by atoms with van der Waals surface area (Å²) in [5.41, 5.74) is 0.769. The number of nitrogens with zero attached hydrogens (tertiary/aromatic N) is 1. The Balaban J connectivity index is 1.76. The van der Waals surface area contributed by atoms with Crippen molar-refractivity contribution >= 4 is 0 Å². The Kier molecular flexibility index (Phi) is 5.50. The summed E-state index contributed by atoms with van der Waals surface area (Å²) < 4.78 is 0. The highest BCUT2D eigenvalue weighted by molar-refractivity contribution is 4.91. The molecule has 1 spiro atoms. The zero-order valence-corrected chi connectivity index (χ0v) is 12.5. The van der Waals surface area contributed by atoms with E-state index in [1.807, 2.05) is 0 Å². The minimum atomic E-state index is 0.769. The molecule has 1 atom stereocenters. The van der Waals surface area contributed by atoms with Gasteiger partial charge in [-0.25, -0.2) is 0 Å². The summed E-state index contributed by atoms with van der Waals surface area (Å²) in [5, 5.41) is 3.60. The van der Waals surface area contributed by atoms with Crippen LogP contribution in [0.4, 0.5) is 0 Å². The van der Waals surface area contributed by atoms with Crippen LogP contribution in [0.25, 0.3) is 0 Å². The van der Waals surface area contributed by atoms with E-state index >= 15 is 0 Å². The second kappa shape index (κ2) is 6.91. The monoisotopic (exact) mass is 252 g/mol. The van der Waals surface area contributed by atoms with E-state index in [1.165, 1.54) is 77.5 Å². The second-order valence-electron chi connectivity index (χ2n) is 6.51. The molecule has 0 aromatic carbocycles. The lowest BCUT2D eigenvalue weighted by Crippen LogP contribution is -2.48. The summed E-state index contributed by atoms with van der Waals surface area (Å²) in [6.45, 7) is 9.67. The number of nitrogens with one attached hydrogen (secondary N) is 1. The first-order chi connectivity index (χ1) is 8.79. The van der Waals surface area contributed by atoms with Gasteiger partial charge in [-0.05, 0) is 63.6 Å². The van der Waals surface area contributed by atoms with Gasteiger partial charge in [-0.2, -0.15) is 0 Å². The molecule has 1 heterocycles. The molecule has 1 N–H and O–H groups in total. The van der Waals surface area contributed by atoms with E-state index < -0.39 is 0 Å². The van der Waals surface area contributed by atoms with E-state index in [0.717, 1.165) is 11.5 Å². The van der Waals surface area contributed by atoms with Crippen LogP contribution in [0, 0.1) is 5.41 Å². The fraction of sp³-hybridized carbons (Fsp3) is 1.00. The van der Waals surface area contributed by atoms with Crippen molar-refractivity contribution in [2.75, 3.05) is 26.2 Å². The Labute approximate surface area is 114 Å². The SMILES string of the molecule is CCCNCC(CC)N1CCC2(CCCC2)CC1. The van der Waals surface area contributed by atoms with Crippen molar-refractivity contribution in [1.29, 1.82) is 0 Å². The van der Waals surface area contributed by atoms with E-state index in [4.69, 9.17) is 0 Å². The van der Waals surface area contributed by atoms with Gasteiger partial charge in [-0.15, -0.1) is 0 Å². The Bertz CT molecular complexity index is 223. The van der Waals surface area contributed by atoms with Gasteiger partial charge < -0.3 is 5.32 Å². The number of rotatable bonds is 6. The topological polar surface area (TPSA) is 15.3 Å². The zero-order chi connectivity index (χ0) is 12.8. The number of likely N-dealkylation sites (tertiary alicyclic amines) is 1. The van der Waals surface area contributed by atoms with Gasteiger partial charge in [0.15, 0.2) is 0 Å². The normalized spacial score (nSPS) is 25.7. The molecule has 0 amide bonds. The molecule has 1 saturated carbocycles. The molecule has 2 heteroatoms. The third-order valence-electron chi connectivity index (χ3n) is 5.32. The van der Waals surface area contributed by atoms with Crippen molar-refractivity contribution in [2.45, 2.75) is 71.3 Å². The van der Waals surface area contributed by atoms with Gasteiger partial charge >= 0.3 is 0 Å². The zero-order valence-electron chi connectivity index (χ0n) is 12.5. The highest BCUT2D eigenvalue weighted by Crippen LogP contribution is 2.46. The summed E-state index contributed by atoms with van der Waals surface area (Å²) in [6.07, 6.45) is 11.5. The molecule has 0 bridgehead atoms. The van der Waals surface area contributed by atoms with Crippen LogP contribution in [0.15, 0.2) is 0 Å². The van der Waals surface area contributed by atoms with E-state index in [1.54, 1.807) is 0 Å². The molecule has 0 radical (unpaired) electrons. The molecular weight excluding hydrogens is 220 g/mol. The van der Waals surface area contributed by atoms with Crippen LogP contribution >= 0.6 is 0 Å². The molecule has 18 heavy (non-hydrogen) atoms. The van der Waals surface area contributed by atoms with Crippen LogP contribution in [-0.4, -0.2) is 37.1 Å². The third-order valence-corrected chi connectivity index (χ3v) is 5.32. The highest BCUT2D eigenvalue weighted by atomic mass is 15.2. The largest absolute Gasteiger partial charge is 0.315 e. The first-order valence-corrected chi connectivity index (χ1v) is 8.24. The van der Waals surface area contributed by atoms with E-state index in [0.29, 0.717) is 0 Å². The molecule has 2 rings (SSSR count). The smallest absolute Gasteiger partial charge is 0.0218 e. The van der Waals surface area contributed by atoms with Crippen molar-refractivity contribution < 1.29 is 0 Å². The van der Waals surface area contributed by atoms with Crippen molar-refractivity contribution in [3.8, 4) is 0 Å². The van der Waals surface area contributed by atoms with E-state index in [-0.39, 0.29) is 0 Å². The minimum Gasteiger partial charge on any atom is -0.315 e. The summed E-state index contributed by atoms with van der Waals surface area (Å²) in [4.78, 5) is 2.76. The maximum atomic E-state index is 3.60. The van der Waals surface area contributed by atoms with E-state index in [2.05, 4.69) is 24.1 Å². The molecule has 1 saturated heterocycles. The molecule has 1 unspecified atom stereocenters. The third kappa shape index (κ3) is 3.48. The minimum absolute atomic E-state index is 0.769. The first kappa shape index (κ1) is 14.3. The molecule has 2 fully saturated rings. The van der Waals surface area contributed by atoms with Crippen LogP contribution in [0.5, 0.6) is 0 Å². The standard InChI is InChI=1S/C16H32N2/c1-3-11-17-14-15(4-2)18-12-9-16(10-13-18)7-5-6-8-16/h15,17H,3-14H2,1-2H3. The van der Waals surface area contributed by atoms with Crippen molar-refractivity contribution in [1.82, 2.24) is 10.2 Å². The molecule has 0 aromatic heterocycles. The van der Waals surface area contributed by atoms with Gasteiger partial charge in [0.2, 0.25) is 0 Å². The maximum absolute atomic E-state index is 3.60. The first-order valence-electron chi connectivity index (χ1n) is 8.24. The summed E-state index contributed by atoms with van der Waals surface area (Å²) in [5.74, 6) is 0. The Hall–Kier alpha value is -0.0800. The predicted octanol–water partition coefficient (Wildman–Crippen LogP) is 3.42. The van der Waals surface area contributed by atoms with Crippen LogP contribution in [0.2, 0.25) is 0 Å². The van der Waals surface area contributed by atoms with Crippen LogP contribution in [-0.2, 0) is 0 Å². The summed E-state index contributed by atoms with van der Waals surface area (Å²) in [7, 11) is 0. The molecule has 106 valence electrons. The molecule has 1 aliphatic heterocycles. The lowest BCUT2D eigenvalue weighted by molar-refractivity contribution is 0.0739. The average molecular weight is 252 g/mol. The highest BCUT2D eigenvalue weighted by Gasteiger charge is 2.37. The van der Waals surface area contributed by atoms with Gasteiger partial charge in [0, 0.05) is 12.6 Å². The predicted molar refractivity (Wildman–Crippen MR) is 78.9 cm³/mol. The molecule has 2 nitrogen and oxygen atoms in total. The number of piperidine rings is 1. The number of hydrogen-bond acceptors (Lipinski definition) is 2. The van der Waals surface area contributed by atoms with E-state index in [9.17, 15) is 0 Å². The fourth-order valence-electron chi connectivity index (χ4n) is 3.97. The lowest BCUT2D eigenvalue weighted by Gasteiger charge is -2.42. The van der Waals surface area contributed by atoms with Gasteiger partial charge in [-0.3, -0.25) is 4.90 Å². The fourth-order valence-corrected chi connectivity index (χ4v) is 3.97. The summed E-state index contributed by atoms with van der Waals surface area (Å²) >= 11 is 0. The lowest BCUT2D eigenvalue weighted by atomic mass is 9.76. The van der Waals surface area contributed by atoms with Gasteiger partial charge in [0.25, 0.3) is 0 Å². The molecule has 0 aromatic rings. The van der Waals surface area contributed by atoms with Crippen LogP contribution in [0.1, 0.15) is 65.2 Å². The average Bonchev–Trinajstić information content (AvgIpc) is 2.85. The van der Waals surface area contributed by atoms with Gasteiger partial charge in [-0.1, -0.05) is 26.7 Å². The second-order valence-corrected chi connectivity index (χ2v) is 6.51. The number of hydrogen-bond donors (Lipinski definition) is 1. The van der Waals surface area contributed by atoms with Gasteiger partial charge in [0.1, 0.15) is 0 Å². The van der Waals surface area contributed by atoms with Crippen molar-refractivity contribution in [3.05, 3.63) is 0 Å². The molecular formula is C16H32N2. The van der Waals surface area contributed by atoms with Crippen molar-refractivity contribution in [3.63, 3.8) is 0 Å². The Morgan fingerprint density at radius 1 is 1.06 bits per heavy atom. The Morgan fingerprint density at radius 3 is 2.28 bits per heavy atom. The summed E-state index contributed by atoms with van der Waals surface area (Å²) in [6, 6.07) is 0.773. The van der Waals surface area contributed by atoms with Crippen molar-refractivity contribution in [2.24, 2.45) is 5.41 Å². The quantitative estimate of drug-likeness (QED) is 0.729. The Morgan fingerprint density at radius 2 is 1.72 bits per heavy atom. The molecule has 2 aliphatic rings. The maximum Gasteiger partial charge on any atom is 0.0218 e. The van der Waals surface area contributed by atoms with Crippen LogP contribution < -0.4 is 5.32 Å². The molecule has 1 aliphatic carbocycles. The van der Waals surface area contributed by atoms with Gasteiger partial charge in [0.05, 0.1) is 0 Å².